The SMILES string of the molecule is COc1cccc2c1OC[C@H](C(=O)NCc1c(C)cc(C)nc1OC)C2. The molecule has 3 rings (SSSR count). The number of carbonyl (C=O) groups excluding carboxylic acids is 1. The topological polar surface area (TPSA) is 69.7 Å². The van der Waals surface area contributed by atoms with E-state index in [1.165, 1.54) is 0 Å². The van der Waals surface area contributed by atoms with E-state index in [1.54, 1.807) is 14.2 Å². The number of nitrogens with one attached hydrogen (secondary N) is 1. The lowest BCUT2D eigenvalue weighted by atomic mass is 9.95. The first-order valence-corrected chi connectivity index (χ1v) is 8.61. The largest absolute Gasteiger partial charge is 0.493 e. The van der Waals surface area contributed by atoms with Crippen LogP contribution in [0.2, 0.25) is 0 Å². The molecule has 0 aliphatic carbocycles. The van der Waals surface area contributed by atoms with E-state index in [-0.39, 0.29) is 11.8 Å². The molecule has 1 aromatic heterocycles. The Morgan fingerprint density at radius 2 is 2.12 bits per heavy atom. The number of rotatable bonds is 5. The molecule has 6 heteroatoms. The lowest BCUT2D eigenvalue weighted by Crippen LogP contribution is -2.37. The zero-order valence-corrected chi connectivity index (χ0v) is 15.6. The molecular weight excluding hydrogens is 332 g/mol. The lowest BCUT2D eigenvalue weighted by Gasteiger charge is -2.26. The van der Waals surface area contributed by atoms with Gasteiger partial charge in [0.1, 0.15) is 6.61 Å². The number of benzene rings is 1. The lowest BCUT2D eigenvalue weighted by molar-refractivity contribution is -0.126. The van der Waals surface area contributed by atoms with Gasteiger partial charge in [0.05, 0.1) is 20.1 Å². The van der Waals surface area contributed by atoms with Gasteiger partial charge in [-0.05, 0) is 43.5 Å². The van der Waals surface area contributed by atoms with Crippen LogP contribution in [-0.4, -0.2) is 31.7 Å². The predicted molar refractivity (Wildman–Crippen MR) is 97.8 cm³/mol. The second-order valence-electron chi connectivity index (χ2n) is 6.45. The van der Waals surface area contributed by atoms with Crippen LogP contribution in [0.1, 0.15) is 22.4 Å². The van der Waals surface area contributed by atoms with E-state index in [0.717, 1.165) is 28.1 Å². The molecule has 0 saturated carbocycles. The fraction of sp³-hybridized carbons (Fsp3) is 0.400. The first-order valence-electron chi connectivity index (χ1n) is 8.61. The minimum Gasteiger partial charge on any atom is -0.493 e. The average molecular weight is 356 g/mol. The summed E-state index contributed by atoms with van der Waals surface area (Å²) >= 11 is 0. The zero-order valence-electron chi connectivity index (χ0n) is 15.6. The van der Waals surface area contributed by atoms with Crippen molar-refractivity contribution >= 4 is 5.91 Å². The summed E-state index contributed by atoms with van der Waals surface area (Å²) in [6.07, 6.45) is 0.626. The Kier molecular flexibility index (Phi) is 5.30. The quantitative estimate of drug-likeness (QED) is 0.892. The fourth-order valence-corrected chi connectivity index (χ4v) is 3.26. The van der Waals surface area contributed by atoms with Crippen LogP contribution in [-0.2, 0) is 17.8 Å². The molecule has 0 saturated heterocycles. The normalized spacial score (nSPS) is 15.6. The number of fused-ring (bicyclic) bond motifs is 1. The van der Waals surface area contributed by atoms with E-state index >= 15 is 0 Å². The number of amides is 1. The van der Waals surface area contributed by atoms with Gasteiger partial charge in [-0.15, -0.1) is 0 Å². The minimum absolute atomic E-state index is 0.0412. The van der Waals surface area contributed by atoms with Crippen molar-refractivity contribution in [1.82, 2.24) is 10.3 Å². The highest BCUT2D eigenvalue weighted by molar-refractivity contribution is 5.79. The molecule has 1 aliphatic rings. The molecule has 2 aromatic rings. The van der Waals surface area contributed by atoms with Gasteiger partial charge in [0.15, 0.2) is 11.5 Å². The van der Waals surface area contributed by atoms with Gasteiger partial charge in [0.2, 0.25) is 11.8 Å². The molecule has 6 nitrogen and oxygen atoms in total. The molecule has 1 amide bonds. The maximum Gasteiger partial charge on any atom is 0.227 e. The highest BCUT2D eigenvalue weighted by Crippen LogP contribution is 2.36. The number of aromatic nitrogens is 1. The Hall–Kier alpha value is -2.76. The number of carbonyl (C=O) groups is 1. The Labute approximate surface area is 153 Å². The molecule has 0 bridgehead atoms. The summed E-state index contributed by atoms with van der Waals surface area (Å²) in [4.78, 5) is 17.0. The van der Waals surface area contributed by atoms with E-state index < -0.39 is 0 Å². The summed E-state index contributed by atoms with van der Waals surface area (Å²) in [5.74, 6) is 1.71. The van der Waals surface area contributed by atoms with Gasteiger partial charge in [0, 0.05) is 17.8 Å². The van der Waals surface area contributed by atoms with Crippen LogP contribution < -0.4 is 19.5 Å². The molecule has 0 radical (unpaired) electrons. The number of methoxy groups -OCH3 is 2. The van der Waals surface area contributed by atoms with Crippen molar-refractivity contribution < 1.29 is 19.0 Å². The number of aryl methyl sites for hydroxylation is 2. The van der Waals surface area contributed by atoms with Gasteiger partial charge in [-0.1, -0.05) is 12.1 Å². The summed E-state index contributed by atoms with van der Waals surface area (Å²) in [6, 6.07) is 7.72. The number of hydrogen-bond acceptors (Lipinski definition) is 5. The molecule has 0 fully saturated rings. The van der Waals surface area contributed by atoms with E-state index in [1.807, 2.05) is 38.1 Å². The fourth-order valence-electron chi connectivity index (χ4n) is 3.26. The number of pyridine rings is 1. The van der Waals surface area contributed by atoms with Crippen molar-refractivity contribution in [2.24, 2.45) is 5.92 Å². The zero-order chi connectivity index (χ0) is 18.7. The standard InChI is InChI=1S/C20H24N2O4/c1-12-8-13(2)22-20(25-4)16(12)10-21-19(23)15-9-14-6-5-7-17(24-3)18(14)26-11-15/h5-8,15H,9-11H2,1-4H3,(H,21,23)/t15-/m1/s1. The Morgan fingerprint density at radius 1 is 1.31 bits per heavy atom. The number of ether oxygens (including phenoxy) is 3. The smallest absolute Gasteiger partial charge is 0.227 e. The Balaban J connectivity index is 1.68. The van der Waals surface area contributed by atoms with Crippen molar-refractivity contribution in [3.63, 3.8) is 0 Å². The Morgan fingerprint density at radius 3 is 2.85 bits per heavy atom. The molecule has 0 spiro atoms. The first kappa shape index (κ1) is 18.0. The molecule has 0 unspecified atom stereocenters. The predicted octanol–water partition coefficient (Wildman–Crippen LogP) is 2.58. The second-order valence-corrected chi connectivity index (χ2v) is 6.45. The van der Waals surface area contributed by atoms with Crippen molar-refractivity contribution in [3.8, 4) is 17.4 Å². The third kappa shape index (κ3) is 3.59. The summed E-state index contributed by atoms with van der Waals surface area (Å²) in [6.45, 7) is 4.62. The second kappa shape index (κ2) is 7.64. The summed E-state index contributed by atoms with van der Waals surface area (Å²) in [5, 5.41) is 2.99. The highest BCUT2D eigenvalue weighted by atomic mass is 16.5. The summed E-state index contributed by atoms with van der Waals surface area (Å²) in [5.41, 5.74) is 3.82. The van der Waals surface area contributed by atoms with Crippen LogP contribution in [0, 0.1) is 19.8 Å². The number of hydrogen-bond donors (Lipinski definition) is 1. The van der Waals surface area contributed by atoms with Crippen molar-refractivity contribution in [1.29, 1.82) is 0 Å². The summed E-state index contributed by atoms with van der Waals surface area (Å²) < 4.78 is 16.5. The molecule has 1 atom stereocenters. The van der Waals surface area contributed by atoms with Gasteiger partial charge in [-0.2, -0.15) is 0 Å². The van der Waals surface area contributed by atoms with E-state index in [2.05, 4.69) is 10.3 Å². The number of para-hydroxylation sites is 1. The average Bonchev–Trinajstić information content (AvgIpc) is 2.65. The third-order valence-corrected chi connectivity index (χ3v) is 4.62. The first-order chi connectivity index (χ1) is 12.5. The van der Waals surface area contributed by atoms with Crippen LogP contribution in [0.4, 0.5) is 0 Å². The van der Waals surface area contributed by atoms with Gasteiger partial charge < -0.3 is 19.5 Å². The van der Waals surface area contributed by atoms with Crippen LogP contribution >= 0.6 is 0 Å². The van der Waals surface area contributed by atoms with Crippen LogP contribution in [0.25, 0.3) is 0 Å². The van der Waals surface area contributed by atoms with E-state index in [9.17, 15) is 4.79 Å². The molecule has 1 N–H and O–H groups in total. The maximum absolute atomic E-state index is 12.6. The van der Waals surface area contributed by atoms with E-state index in [4.69, 9.17) is 14.2 Å². The minimum atomic E-state index is -0.237. The Bertz CT molecular complexity index is 820. The van der Waals surface area contributed by atoms with Gasteiger partial charge in [-0.25, -0.2) is 4.98 Å². The van der Waals surface area contributed by atoms with E-state index in [0.29, 0.717) is 31.2 Å². The van der Waals surface area contributed by atoms with Crippen molar-refractivity contribution in [2.75, 3.05) is 20.8 Å². The van der Waals surface area contributed by atoms with Gasteiger partial charge in [0.25, 0.3) is 0 Å². The van der Waals surface area contributed by atoms with Crippen molar-refractivity contribution in [2.45, 2.75) is 26.8 Å². The summed E-state index contributed by atoms with van der Waals surface area (Å²) in [7, 11) is 3.20. The molecular formula is C20H24N2O4. The molecule has 2 heterocycles. The molecule has 1 aromatic carbocycles. The van der Waals surface area contributed by atoms with Gasteiger partial charge >= 0.3 is 0 Å². The highest BCUT2D eigenvalue weighted by Gasteiger charge is 2.28. The number of nitrogens with zero attached hydrogens (tertiary/aromatic N) is 1. The van der Waals surface area contributed by atoms with Crippen molar-refractivity contribution in [3.05, 3.63) is 46.6 Å². The van der Waals surface area contributed by atoms with Crippen LogP contribution in [0.3, 0.4) is 0 Å². The molecule has 1 aliphatic heterocycles. The maximum atomic E-state index is 12.6. The van der Waals surface area contributed by atoms with Gasteiger partial charge in [-0.3, -0.25) is 4.79 Å². The van der Waals surface area contributed by atoms with Crippen LogP contribution in [0.15, 0.2) is 24.3 Å². The monoisotopic (exact) mass is 356 g/mol. The third-order valence-electron chi connectivity index (χ3n) is 4.62. The molecule has 138 valence electrons. The molecule has 26 heavy (non-hydrogen) atoms. The van der Waals surface area contributed by atoms with Crippen LogP contribution in [0.5, 0.6) is 17.4 Å².